The standard InChI is InChI=1S/C34H33N3O7S/c1-21(2)15-16-43-27-14-13-25(19-28(27)42-4)31-30(33(39)44-20-23-9-6-5-7-10-23)22(3)35-34-36(31)32(38)29(45-34)18-24-11-8-12-26(17-24)37(40)41/h5-14,17-19,21,31H,15-16,20H2,1-4H3/b29-18-. The summed E-state index contributed by atoms with van der Waals surface area (Å²) < 4.78 is 19.2. The Morgan fingerprint density at radius 1 is 1.09 bits per heavy atom. The van der Waals surface area contributed by atoms with Crippen molar-refractivity contribution in [1.82, 2.24) is 4.57 Å². The third-order valence-electron chi connectivity index (χ3n) is 7.29. The molecule has 1 aromatic heterocycles. The number of nitro groups is 1. The molecular formula is C34H33N3O7S. The van der Waals surface area contributed by atoms with Gasteiger partial charge in [0.2, 0.25) is 0 Å². The van der Waals surface area contributed by atoms with E-state index in [1.807, 2.05) is 30.3 Å². The van der Waals surface area contributed by atoms with Crippen molar-refractivity contribution >= 4 is 29.1 Å². The number of allylic oxidation sites excluding steroid dienone is 1. The maximum atomic E-state index is 14.0. The van der Waals surface area contributed by atoms with Gasteiger partial charge in [0.25, 0.3) is 11.2 Å². The molecule has 10 nitrogen and oxygen atoms in total. The van der Waals surface area contributed by atoms with Crippen LogP contribution in [0.5, 0.6) is 11.5 Å². The highest BCUT2D eigenvalue weighted by molar-refractivity contribution is 7.07. The van der Waals surface area contributed by atoms with Gasteiger partial charge < -0.3 is 14.2 Å². The predicted molar refractivity (Wildman–Crippen MR) is 171 cm³/mol. The molecule has 3 aromatic carbocycles. The van der Waals surface area contributed by atoms with Crippen LogP contribution >= 0.6 is 11.3 Å². The molecule has 0 N–H and O–H groups in total. The van der Waals surface area contributed by atoms with E-state index in [-0.39, 0.29) is 17.9 Å². The van der Waals surface area contributed by atoms with E-state index in [4.69, 9.17) is 14.2 Å². The number of thiazole rings is 1. The number of non-ortho nitro benzene ring substituents is 1. The Balaban J connectivity index is 1.61. The molecule has 1 aliphatic heterocycles. The number of ether oxygens (including phenoxy) is 3. The molecular weight excluding hydrogens is 594 g/mol. The summed E-state index contributed by atoms with van der Waals surface area (Å²) in [7, 11) is 1.54. The molecule has 0 amide bonds. The number of fused-ring (bicyclic) bond motifs is 1. The summed E-state index contributed by atoms with van der Waals surface area (Å²) in [6.45, 7) is 6.50. The van der Waals surface area contributed by atoms with E-state index in [0.29, 0.717) is 50.2 Å². The molecule has 232 valence electrons. The van der Waals surface area contributed by atoms with Crippen LogP contribution in [0.3, 0.4) is 0 Å². The Bertz CT molecular complexity index is 1940. The molecule has 45 heavy (non-hydrogen) atoms. The van der Waals surface area contributed by atoms with Gasteiger partial charge in [-0.05, 0) is 54.2 Å². The Labute approximate surface area is 263 Å². The zero-order chi connectivity index (χ0) is 32.1. The molecule has 5 rings (SSSR count). The lowest BCUT2D eigenvalue weighted by atomic mass is 9.95. The number of esters is 1. The second-order valence-electron chi connectivity index (χ2n) is 10.9. The summed E-state index contributed by atoms with van der Waals surface area (Å²) in [4.78, 5) is 43.6. The Hall–Kier alpha value is -5.03. The number of hydrogen-bond acceptors (Lipinski definition) is 9. The fraction of sp³-hybridized carbons (Fsp3) is 0.265. The van der Waals surface area contributed by atoms with Crippen molar-refractivity contribution in [1.29, 1.82) is 0 Å². The fourth-order valence-corrected chi connectivity index (χ4v) is 6.00. The van der Waals surface area contributed by atoms with Crippen molar-refractivity contribution in [3.63, 3.8) is 0 Å². The molecule has 0 saturated carbocycles. The molecule has 0 fully saturated rings. The first-order chi connectivity index (χ1) is 21.7. The Morgan fingerprint density at radius 3 is 2.58 bits per heavy atom. The first kappa shape index (κ1) is 31.4. The van der Waals surface area contributed by atoms with Gasteiger partial charge in [0.15, 0.2) is 16.3 Å². The summed E-state index contributed by atoms with van der Waals surface area (Å²) >= 11 is 1.14. The van der Waals surface area contributed by atoms with Gasteiger partial charge in [-0.3, -0.25) is 19.5 Å². The minimum Gasteiger partial charge on any atom is -0.493 e. The largest absolute Gasteiger partial charge is 0.493 e. The third-order valence-corrected chi connectivity index (χ3v) is 8.27. The maximum absolute atomic E-state index is 14.0. The number of carbonyl (C=O) groups is 1. The first-order valence-corrected chi connectivity index (χ1v) is 15.3. The van der Waals surface area contributed by atoms with Crippen LogP contribution < -0.4 is 24.4 Å². The van der Waals surface area contributed by atoms with Crippen LogP contribution in [0.1, 0.15) is 49.9 Å². The number of rotatable bonds is 11. The Kier molecular flexibility index (Phi) is 9.58. The number of methoxy groups -OCH3 is 1. The monoisotopic (exact) mass is 627 g/mol. The molecule has 0 radical (unpaired) electrons. The minimum absolute atomic E-state index is 0.0479. The van der Waals surface area contributed by atoms with Crippen molar-refractivity contribution in [2.45, 2.75) is 39.8 Å². The number of hydrogen-bond donors (Lipinski definition) is 0. The van der Waals surface area contributed by atoms with Gasteiger partial charge in [0, 0.05) is 12.1 Å². The van der Waals surface area contributed by atoms with Crippen LogP contribution in [0.25, 0.3) is 6.08 Å². The minimum atomic E-state index is -0.879. The van der Waals surface area contributed by atoms with Gasteiger partial charge in [0.1, 0.15) is 6.61 Å². The number of carbonyl (C=O) groups excluding carboxylic acids is 1. The second-order valence-corrected chi connectivity index (χ2v) is 11.9. The van der Waals surface area contributed by atoms with Crippen LogP contribution in [0.4, 0.5) is 5.69 Å². The van der Waals surface area contributed by atoms with Gasteiger partial charge in [-0.15, -0.1) is 0 Å². The van der Waals surface area contributed by atoms with Crippen molar-refractivity contribution in [2.24, 2.45) is 10.9 Å². The van der Waals surface area contributed by atoms with Gasteiger partial charge in [-0.1, -0.05) is 73.7 Å². The molecule has 0 aliphatic carbocycles. The van der Waals surface area contributed by atoms with Crippen molar-refractivity contribution in [3.8, 4) is 11.5 Å². The van der Waals surface area contributed by atoms with Crippen molar-refractivity contribution in [3.05, 3.63) is 131 Å². The molecule has 4 aromatic rings. The summed E-state index contributed by atoms with van der Waals surface area (Å²) in [6, 6.07) is 19.8. The normalized spacial score (nSPS) is 14.6. The van der Waals surface area contributed by atoms with E-state index in [9.17, 15) is 19.7 Å². The van der Waals surface area contributed by atoms with E-state index >= 15 is 0 Å². The zero-order valence-corrected chi connectivity index (χ0v) is 26.2. The molecule has 1 atom stereocenters. The summed E-state index contributed by atoms with van der Waals surface area (Å²) in [6.07, 6.45) is 2.46. The van der Waals surface area contributed by atoms with E-state index in [1.54, 1.807) is 43.3 Å². The van der Waals surface area contributed by atoms with E-state index in [1.165, 1.54) is 23.8 Å². The molecule has 0 bridgehead atoms. The lowest BCUT2D eigenvalue weighted by molar-refractivity contribution is -0.384. The number of nitro benzene ring substituents is 1. The molecule has 1 aliphatic rings. The van der Waals surface area contributed by atoms with E-state index in [0.717, 1.165) is 23.3 Å². The molecule has 1 unspecified atom stereocenters. The van der Waals surface area contributed by atoms with Gasteiger partial charge in [-0.25, -0.2) is 9.79 Å². The summed E-state index contributed by atoms with van der Waals surface area (Å²) in [5.41, 5.74) is 2.07. The summed E-state index contributed by atoms with van der Waals surface area (Å²) in [5.74, 6) is 0.876. The number of nitrogens with zero attached hydrogens (tertiary/aromatic N) is 3. The SMILES string of the molecule is COc1cc(C2C(C(=O)OCc3ccccc3)=C(C)N=c3s/c(=C\c4cccc([N+](=O)[O-])c4)c(=O)n32)ccc1OCCC(C)C. The molecule has 2 heterocycles. The molecule has 0 spiro atoms. The van der Waals surface area contributed by atoms with Crippen LogP contribution in [0.15, 0.2) is 93.9 Å². The molecule has 0 saturated heterocycles. The number of aromatic nitrogens is 1. The average molecular weight is 628 g/mol. The topological polar surface area (TPSA) is 122 Å². The third kappa shape index (κ3) is 7.04. The lowest BCUT2D eigenvalue weighted by Crippen LogP contribution is -2.39. The highest BCUT2D eigenvalue weighted by Gasteiger charge is 2.34. The van der Waals surface area contributed by atoms with Gasteiger partial charge in [0.05, 0.1) is 40.5 Å². The van der Waals surface area contributed by atoms with Crippen molar-refractivity contribution < 1.29 is 23.9 Å². The fourth-order valence-electron chi connectivity index (χ4n) is 4.96. The smallest absolute Gasteiger partial charge is 0.338 e. The maximum Gasteiger partial charge on any atom is 0.338 e. The highest BCUT2D eigenvalue weighted by atomic mass is 32.1. The van der Waals surface area contributed by atoms with Crippen LogP contribution in [-0.4, -0.2) is 29.2 Å². The highest BCUT2D eigenvalue weighted by Crippen LogP contribution is 2.36. The van der Waals surface area contributed by atoms with Gasteiger partial charge in [-0.2, -0.15) is 0 Å². The Morgan fingerprint density at radius 2 is 1.87 bits per heavy atom. The predicted octanol–water partition coefficient (Wildman–Crippen LogP) is 5.32. The second kappa shape index (κ2) is 13.7. The quantitative estimate of drug-likeness (QED) is 0.125. The van der Waals surface area contributed by atoms with Crippen LogP contribution in [-0.2, 0) is 16.1 Å². The summed E-state index contributed by atoms with van der Waals surface area (Å²) in [5, 5.41) is 11.3. The molecule has 11 heteroatoms. The van der Waals surface area contributed by atoms with Crippen LogP contribution in [0.2, 0.25) is 0 Å². The van der Waals surface area contributed by atoms with Gasteiger partial charge >= 0.3 is 5.97 Å². The van der Waals surface area contributed by atoms with E-state index < -0.39 is 22.5 Å². The number of benzene rings is 3. The van der Waals surface area contributed by atoms with Crippen LogP contribution in [0, 0.1) is 16.0 Å². The lowest BCUT2D eigenvalue weighted by Gasteiger charge is -2.25. The zero-order valence-electron chi connectivity index (χ0n) is 25.4. The first-order valence-electron chi connectivity index (χ1n) is 14.4. The average Bonchev–Trinajstić information content (AvgIpc) is 3.33. The van der Waals surface area contributed by atoms with E-state index in [2.05, 4.69) is 18.8 Å². The van der Waals surface area contributed by atoms with Crippen molar-refractivity contribution in [2.75, 3.05) is 13.7 Å².